The fourth-order valence-electron chi connectivity index (χ4n) is 2.87. The Balaban J connectivity index is 2.37. The standard InChI is InChI=1S/C21H16ClN3O3S/c22-16-8-4-5-13(11-16)9-10-15-12-17(14-6-2-1-3-7-14)19(23)18(21(24)26)20(15)29(25,27)28/h1-8,11-12H,23H2,(H2,24,26)(H2,25,27,28). The van der Waals surface area contributed by atoms with Crippen molar-refractivity contribution < 1.29 is 13.2 Å². The molecule has 0 fully saturated rings. The number of carbonyl (C=O) groups excluding carboxylic acids is 1. The highest BCUT2D eigenvalue weighted by Crippen LogP contribution is 2.34. The van der Waals surface area contributed by atoms with E-state index in [1.54, 1.807) is 48.5 Å². The number of primary amides is 1. The fourth-order valence-corrected chi connectivity index (χ4v) is 3.98. The highest BCUT2D eigenvalue weighted by molar-refractivity contribution is 7.89. The second kappa shape index (κ2) is 7.97. The van der Waals surface area contributed by atoms with Crippen molar-refractivity contribution in [2.24, 2.45) is 10.9 Å². The predicted molar refractivity (Wildman–Crippen MR) is 114 cm³/mol. The van der Waals surface area contributed by atoms with Gasteiger partial charge < -0.3 is 11.5 Å². The SMILES string of the molecule is NC(=O)c1c(N)c(-c2ccccc2)cc(C#Cc2cccc(Cl)c2)c1S(N)(=O)=O. The van der Waals surface area contributed by atoms with Crippen LogP contribution in [0.1, 0.15) is 21.5 Å². The van der Waals surface area contributed by atoms with Crippen molar-refractivity contribution in [2.45, 2.75) is 4.90 Å². The molecule has 1 amide bonds. The van der Waals surface area contributed by atoms with Crippen molar-refractivity contribution in [1.29, 1.82) is 0 Å². The molecular formula is C21H16ClN3O3S. The maximum atomic E-state index is 12.3. The highest BCUT2D eigenvalue weighted by atomic mass is 35.5. The van der Waals surface area contributed by atoms with Gasteiger partial charge >= 0.3 is 0 Å². The van der Waals surface area contributed by atoms with Gasteiger partial charge in [0, 0.05) is 21.7 Å². The smallest absolute Gasteiger partial charge is 0.252 e. The normalized spacial score (nSPS) is 10.8. The molecule has 8 heteroatoms. The van der Waals surface area contributed by atoms with Crippen molar-refractivity contribution in [2.75, 3.05) is 5.73 Å². The van der Waals surface area contributed by atoms with Crippen molar-refractivity contribution in [1.82, 2.24) is 0 Å². The van der Waals surface area contributed by atoms with E-state index in [4.69, 9.17) is 28.2 Å². The third-order valence-electron chi connectivity index (χ3n) is 4.10. The molecule has 0 radical (unpaired) electrons. The number of halogens is 1. The summed E-state index contributed by atoms with van der Waals surface area (Å²) in [4.78, 5) is 11.6. The molecule has 0 atom stereocenters. The summed E-state index contributed by atoms with van der Waals surface area (Å²) in [7, 11) is -4.35. The van der Waals surface area contributed by atoms with E-state index >= 15 is 0 Å². The Kier molecular flexibility index (Phi) is 5.62. The quantitative estimate of drug-likeness (QED) is 0.440. The fraction of sp³-hybridized carbons (Fsp3) is 0. The van der Waals surface area contributed by atoms with E-state index in [0.717, 1.165) is 0 Å². The van der Waals surface area contributed by atoms with Gasteiger partial charge in [-0.25, -0.2) is 13.6 Å². The number of primary sulfonamides is 1. The third kappa shape index (κ3) is 4.41. The number of nitrogens with two attached hydrogens (primary N) is 3. The molecule has 0 unspecified atom stereocenters. The van der Waals surface area contributed by atoms with Crippen LogP contribution in [0.15, 0.2) is 65.6 Å². The minimum atomic E-state index is -4.35. The average Bonchev–Trinajstić information content (AvgIpc) is 2.66. The summed E-state index contributed by atoms with van der Waals surface area (Å²) in [5.74, 6) is 4.58. The van der Waals surface area contributed by atoms with E-state index in [1.807, 2.05) is 6.07 Å². The summed E-state index contributed by atoms with van der Waals surface area (Å²) in [6, 6.07) is 17.1. The summed E-state index contributed by atoms with van der Waals surface area (Å²) in [6.45, 7) is 0. The molecule has 0 spiro atoms. The Hall–Kier alpha value is -3.31. The third-order valence-corrected chi connectivity index (χ3v) is 5.33. The van der Waals surface area contributed by atoms with Gasteiger partial charge in [0.2, 0.25) is 10.0 Å². The van der Waals surface area contributed by atoms with E-state index < -0.39 is 20.8 Å². The number of hydrogen-bond donors (Lipinski definition) is 3. The van der Waals surface area contributed by atoms with Gasteiger partial charge in [0.25, 0.3) is 5.91 Å². The van der Waals surface area contributed by atoms with Crippen molar-refractivity contribution in [3.63, 3.8) is 0 Å². The number of rotatable bonds is 3. The van der Waals surface area contributed by atoms with Crippen LogP contribution < -0.4 is 16.6 Å². The lowest BCUT2D eigenvalue weighted by molar-refractivity contribution is 0.0998. The lowest BCUT2D eigenvalue weighted by atomic mass is 9.96. The average molecular weight is 426 g/mol. The molecule has 0 aliphatic heterocycles. The molecule has 0 bridgehead atoms. The molecule has 0 aliphatic carbocycles. The van der Waals surface area contributed by atoms with Gasteiger partial charge in [-0.1, -0.05) is 59.8 Å². The zero-order chi connectivity index (χ0) is 21.2. The number of anilines is 1. The van der Waals surface area contributed by atoms with E-state index in [0.29, 0.717) is 21.7 Å². The van der Waals surface area contributed by atoms with Gasteiger partial charge in [0.05, 0.1) is 11.3 Å². The van der Waals surface area contributed by atoms with Gasteiger partial charge in [0.1, 0.15) is 4.90 Å². The first-order chi connectivity index (χ1) is 13.7. The van der Waals surface area contributed by atoms with E-state index in [2.05, 4.69) is 11.8 Å². The largest absolute Gasteiger partial charge is 0.398 e. The van der Waals surface area contributed by atoms with Crippen LogP contribution in [0.2, 0.25) is 5.02 Å². The van der Waals surface area contributed by atoms with Gasteiger partial charge in [-0.2, -0.15) is 0 Å². The van der Waals surface area contributed by atoms with E-state index in [1.165, 1.54) is 6.07 Å². The van der Waals surface area contributed by atoms with Gasteiger partial charge in [0.15, 0.2) is 0 Å². The second-order valence-corrected chi connectivity index (χ2v) is 8.06. The van der Waals surface area contributed by atoms with E-state index in [-0.39, 0.29) is 16.8 Å². The van der Waals surface area contributed by atoms with Crippen molar-refractivity contribution in [3.8, 4) is 23.0 Å². The topological polar surface area (TPSA) is 129 Å². The molecule has 0 heterocycles. The van der Waals surface area contributed by atoms with Crippen LogP contribution in [-0.2, 0) is 10.0 Å². The van der Waals surface area contributed by atoms with Crippen LogP contribution in [0.25, 0.3) is 11.1 Å². The predicted octanol–water partition coefficient (Wildman–Crippen LogP) is 2.74. The molecule has 3 rings (SSSR count). The first-order valence-electron chi connectivity index (χ1n) is 8.30. The van der Waals surface area contributed by atoms with Crippen molar-refractivity contribution in [3.05, 3.63) is 82.4 Å². The Labute approximate surface area is 173 Å². The van der Waals surface area contributed by atoms with Crippen LogP contribution >= 0.6 is 11.6 Å². The van der Waals surface area contributed by atoms with Crippen LogP contribution in [-0.4, -0.2) is 14.3 Å². The minimum absolute atomic E-state index is 0.00864. The number of amides is 1. The Morgan fingerprint density at radius 1 is 0.966 bits per heavy atom. The van der Waals surface area contributed by atoms with Gasteiger partial charge in [-0.3, -0.25) is 4.79 Å². The first kappa shape index (κ1) is 20.4. The molecule has 0 saturated carbocycles. The molecule has 0 aromatic heterocycles. The monoisotopic (exact) mass is 425 g/mol. The Morgan fingerprint density at radius 2 is 1.66 bits per heavy atom. The Bertz CT molecular complexity index is 1280. The molecule has 29 heavy (non-hydrogen) atoms. The highest BCUT2D eigenvalue weighted by Gasteiger charge is 2.27. The summed E-state index contributed by atoms with van der Waals surface area (Å²) < 4.78 is 24.5. The van der Waals surface area contributed by atoms with Crippen molar-refractivity contribution >= 4 is 33.2 Å². The van der Waals surface area contributed by atoms with Crippen LogP contribution in [0.5, 0.6) is 0 Å². The molecule has 6 nitrogen and oxygen atoms in total. The first-order valence-corrected chi connectivity index (χ1v) is 10.2. The molecular weight excluding hydrogens is 410 g/mol. The number of hydrogen-bond acceptors (Lipinski definition) is 4. The lowest BCUT2D eigenvalue weighted by Crippen LogP contribution is -2.24. The van der Waals surface area contributed by atoms with Crippen LogP contribution in [0.3, 0.4) is 0 Å². The molecule has 3 aromatic rings. The number of nitrogen functional groups attached to an aromatic ring is 1. The van der Waals surface area contributed by atoms with Crippen LogP contribution in [0.4, 0.5) is 5.69 Å². The lowest BCUT2D eigenvalue weighted by Gasteiger charge is -2.15. The van der Waals surface area contributed by atoms with Gasteiger partial charge in [-0.15, -0.1) is 0 Å². The summed E-state index contributed by atoms with van der Waals surface area (Å²) in [5.41, 5.74) is 12.8. The molecule has 146 valence electrons. The molecule has 3 aromatic carbocycles. The van der Waals surface area contributed by atoms with Gasteiger partial charge in [-0.05, 0) is 29.8 Å². The maximum Gasteiger partial charge on any atom is 0.252 e. The number of sulfonamides is 1. The molecule has 0 aliphatic rings. The Morgan fingerprint density at radius 3 is 2.24 bits per heavy atom. The summed E-state index contributed by atoms with van der Waals surface area (Å²) in [5, 5.41) is 5.84. The summed E-state index contributed by atoms with van der Waals surface area (Å²) >= 11 is 5.96. The maximum absolute atomic E-state index is 12.3. The number of carbonyl (C=O) groups is 1. The zero-order valence-corrected chi connectivity index (χ0v) is 16.6. The van der Waals surface area contributed by atoms with E-state index in [9.17, 15) is 13.2 Å². The second-order valence-electron chi connectivity index (χ2n) is 6.13. The number of benzene rings is 3. The zero-order valence-electron chi connectivity index (χ0n) is 15.0. The molecule has 6 N–H and O–H groups in total. The van der Waals surface area contributed by atoms with Crippen LogP contribution in [0, 0.1) is 11.8 Å². The molecule has 0 saturated heterocycles. The minimum Gasteiger partial charge on any atom is -0.398 e. The summed E-state index contributed by atoms with van der Waals surface area (Å²) in [6.07, 6.45) is 0.